The van der Waals surface area contributed by atoms with E-state index in [2.05, 4.69) is 32.7 Å². The Morgan fingerprint density at radius 1 is 1.00 bits per heavy atom. The molecule has 0 bridgehead atoms. The Balaban J connectivity index is 1.49. The Morgan fingerprint density at radius 3 is 2.58 bits per heavy atom. The number of aromatic nitrogens is 6. The molecule has 0 spiro atoms. The Bertz CT molecular complexity index is 1190. The molecule has 3 heterocycles. The zero-order valence-corrected chi connectivity index (χ0v) is 18.7. The summed E-state index contributed by atoms with van der Waals surface area (Å²) in [5, 5.41) is 10.2. The summed E-state index contributed by atoms with van der Waals surface area (Å²) in [5.74, 6) is 2.23. The second-order valence-electron chi connectivity index (χ2n) is 8.28. The van der Waals surface area contributed by atoms with Crippen LogP contribution in [0.3, 0.4) is 0 Å². The summed E-state index contributed by atoms with van der Waals surface area (Å²) in [6.45, 7) is 4.38. The number of nitrogens with zero attached hydrogens (tertiary/aromatic N) is 6. The van der Waals surface area contributed by atoms with Crippen LogP contribution in [0.15, 0.2) is 53.9 Å². The molecule has 3 aromatic heterocycles. The second kappa shape index (κ2) is 8.75. The number of fused-ring (bicyclic) bond motifs is 1. The monoisotopic (exact) mass is 430 g/mol. The first kappa shape index (κ1) is 20.1. The third kappa shape index (κ3) is 4.06. The molecular weight excluding hydrogens is 404 g/mol. The lowest BCUT2D eigenvalue weighted by Crippen LogP contribution is -2.22. The molecule has 4 aromatic rings. The van der Waals surface area contributed by atoms with Gasteiger partial charge in [-0.3, -0.25) is 9.55 Å². The predicted molar refractivity (Wildman–Crippen MR) is 124 cm³/mol. The smallest absolute Gasteiger partial charge is 0.192 e. The van der Waals surface area contributed by atoms with Crippen LogP contribution in [0.5, 0.6) is 0 Å². The van der Waals surface area contributed by atoms with Crippen LogP contribution in [0, 0.1) is 12.8 Å². The quantitative estimate of drug-likeness (QED) is 0.382. The summed E-state index contributed by atoms with van der Waals surface area (Å²) in [6, 6.07) is 12.5. The van der Waals surface area contributed by atoms with E-state index in [0.717, 1.165) is 51.1 Å². The SMILES string of the molecule is Cc1nc2ccccc2nc1CSc1nnc(-c2cccnc2)n1[C@H]1CCCC[C@H]1C. The molecule has 1 aliphatic rings. The zero-order valence-electron chi connectivity index (χ0n) is 17.9. The summed E-state index contributed by atoms with van der Waals surface area (Å²) in [6.07, 6.45) is 8.63. The van der Waals surface area contributed by atoms with E-state index in [4.69, 9.17) is 9.97 Å². The van der Waals surface area contributed by atoms with Crippen LogP contribution in [0.2, 0.25) is 0 Å². The lowest BCUT2D eigenvalue weighted by molar-refractivity contribution is 0.247. The molecule has 158 valence electrons. The number of para-hydroxylation sites is 2. The van der Waals surface area contributed by atoms with Crippen LogP contribution >= 0.6 is 11.8 Å². The first-order valence-electron chi connectivity index (χ1n) is 10.9. The van der Waals surface area contributed by atoms with Crippen molar-refractivity contribution in [3.8, 4) is 11.4 Å². The molecule has 0 saturated heterocycles. The molecule has 0 aliphatic heterocycles. The van der Waals surface area contributed by atoms with Gasteiger partial charge in [-0.25, -0.2) is 9.97 Å². The average Bonchev–Trinajstić information content (AvgIpc) is 3.22. The molecule has 0 radical (unpaired) electrons. The highest BCUT2D eigenvalue weighted by Gasteiger charge is 2.28. The molecule has 0 N–H and O–H groups in total. The molecule has 31 heavy (non-hydrogen) atoms. The van der Waals surface area contributed by atoms with Crippen molar-refractivity contribution in [2.45, 2.75) is 56.5 Å². The van der Waals surface area contributed by atoms with Gasteiger partial charge < -0.3 is 0 Å². The molecular formula is C24H26N6S. The van der Waals surface area contributed by atoms with Gasteiger partial charge in [0.05, 0.1) is 22.4 Å². The van der Waals surface area contributed by atoms with Gasteiger partial charge in [-0.1, -0.05) is 43.7 Å². The minimum atomic E-state index is 0.408. The minimum Gasteiger partial charge on any atom is -0.299 e. The molecule has 2 atom stereocenters. The van der Waals surface area contributed by atoms with Crippen molar-refractivity contribution >= 4 is 22.8 Å². The Morgan fingerprint density at radius 2 is 1.81 bits per heavy atom. The van der Waals surface area contributed by atoms with Crippen molar-refractivity contribution in [2.24, 2.45) is 5.92 Å². The minimum absolute atomic E-state index is 0.408. The van der Waals surface area contributed by atoms with Gasteiger partial charge in [-0.2, -0.15) is 0 Å². The predicted octanol–water partition coefficient (Wildman–Crippen LogP) is 5.64. The van der Waals surface area contributed by atoms with Gasteiger partial charge in [-0.15, -0.1) is 10.2 Å². The molecule has 6 nitrogen and oxygen atoms in total. The fraction of sp³-hybridized carbons (Fsp3) is 0.375. The van der Waals surface area contributed by atoms with E-state index >= 15 is 0 Å². The molecule has 7 heteroatoms. The average molecular weight is 431 g/mol. The number of pyridine rings is 1. The molecule has 1 aromatic carbocycles. The number of hydrogen-bond donors (Lipinski definition) is 0. The Hall–Kier alpha value is -2.80. The van der Waals surface area contributed by atoms with Crippen molar-refractivity contribution in [1.82, 2.24) is 29.7 Å². The molecule has 0 unspecified atom stereocenters. The van der Waals surface area contributed by atoms with Crippen LogP contribution in [0.1, 0.15) is 50.0 Å². The first-order valence-corrected chi connectivity index (χ1v) is 11.9. The van der Waals surface area contributed by atoms with Crippen molar-refractivity contribution in [2.75, 3.05) is 0 Å². The maximum Gasteiger partial charge on any atom is 0.192 e. The van der Waals surface area contributed by atoms with Crippen molar-refractivity contribution in [3.63, 3.8) is 0 Å². The van der Waals surface area contributed by atoms with Crippen LogP contribution in [0.25, 0.3) is 22.4 Å². The van der Waals surface area contributed by atoms with E-state index < -0.39 is 0 Å². The molecule has 1 saturated carbocycles. The van der Waals surface area contributed by atoms with Crippen molar-refractivity contribution < 1.29 is 0 Å². The fourth-order valence-electron chi connectivity index (χ4n) is 4.44. The van der Waals surface area contributed by atoms with Crippen LogP contribution in [-0.4, -0.2) is 29.7 Å². The molecule has 1 aliphatic carbocycles. The van der Waals surface area contributed by atoms with Crippen LogP contribution in [-0.2, 0) is 5.75 Å². The number of thioether (sulfide) groups is 1. The van der Waals surface area contributed by atoms with E-state index in [9.17, 15) is 0 Å². The summed E-state index contributed by atoms with van der Waals surface area (Å²) in [5.41, 5.74) is 4.85. The topological polar surface area (TPSA) is 69.4 Å². The first-order chi connectivity index (χ1) is 15.2. The zero-order chi connectivity index (χ0) is 21.2. The maximum absolute atomic E-state index is 4.86. The van der Waals surface area contributed by atoms with Gasteiger partial charge in [0, 0.05) is 29.8 Å². The highest BCUT2D eigenvalue weighted by atomic mass is 32.2. The van der Waals surface area contributed by atoms with Gasteiger partial charge in [0.15, 0.2) is 11.0 Å². The maximum atomic E-state index is 4.86. The Kier molecular flexibility index (Phi) is 5.68. The second-order valence-corrected chi connectivity index (χ2v) is 9.22. The van der Waals surface area contributed by atoms with Gasteiger partial charge in [0.2, 0.25) is 0 Å². The summed E-state index contributed by atoms with van der Waals surface area (Å²) in [4.78, 5) is 13.9. The van der Waals surface area contributed by atoms with E-state index in [1.807, 2.05) is 43.5 Å². The van der Waals surface area contributed by atoms with Crippen LogP contribution in [0.4, 0.5) is 0 Å². The number of hydrogen-bond acceptors (Lipinski definition) is 6. The van der Waals surface area contributed by atoms with Crippen LogP contribution < -0.4 is 0 Å². The van der Waals surface area contributed by atoms with Gasteiger partial charge in [0.1, 0.15) is 0 Å². The fourth-order valence-corrected chi connectivity index (χ4v) is 5.44. The highest BCUT2D eigenvalue weighted by molar-refractivity contribution is 7.98. The lowest BCUT2D eigenvalue weighted by Gasteiger charge is -2.31. The Labute approximate surface area is 186 Å². The standard InChI is InChI=1S/C24H26N6S/c1-16-8-3-6-12-22(16)30-23(18-9-7-13-25-14-18)28-29-24(30)31-15-21-17(2)26-19-10-4-5-11-20(19)27-21/h4-5,7,9-11,13-14,16,22H,3,6,8,12,15H2,1-2H3/t16-,22+/m1/s1. The van der Waals surface area contributed by atoms with Gasteiger partial charge >= 0.3 is 0 Å². The number of aryl methyl sites for hydroxylation is 1. The summed E-state index contributed by atoms with van der Waals surface area (Å²) in [7, 11) is 0. The third-order valence-electron chi connectivity index (χ3n) is 6.16. The van der Waals surface area contributed by atoms with Crippen molar-refractivity contribution in [3.05, 3.63) is 60.2 Å². The number of rotatable bonds is 5. The highest BCUT2D eigenvalue weighted by Crippen LogP contribution is 2.39. The van der Waals surface area contributed by atoms with E-state index in [1.54, 1.807) is 18.0 Å². The third-order valence-corrected chi connectivity index (χ3v) is 7.12. The normalized spacial score (nSPS) is 19.0. The molecule has 1 fully saturated rings. The van der Waals surface area contributed by atoms with Crippen molar-refractivity contribution in [1.29, 1.82) is 0 Å². The molecule has 5 rings (SSSR count). The number of benzene rings is 1. The molecule has 0 amide bonds. The lowest BCUT2D eigenvalue weighted by atomic mass is 9.85. The summed E-state index contributed by atoms with van der Waals surface area (Å²) < 4.78 is 2.36. The van der Waals surface area contributed by atoms with E-state index in [-0.39, 0.29) is 0 Å². The largest absolute Gasteiger partial charge is 0.299 e. The van der Waals surface area contributed by atoms with Gasteiger partial charge in [0.25, 0.3) is 0 Å². The van der Waals surface area contributed by atoms with E-state index in [1.165, 1.54) is 19.3 Å². The van der Waals surface area contributed by atoms with E-state index in [0.29, 0.717) is 12.0 Å². The summed E-state index contributed by atoms with van der Waals surface area (Å²) >= 11 is 1.70. The van der Waals surface area contributed by atoms with Gasteiger partial charge in [-0.05, 0) is 49.9 Å².